The highest BCUT2D eigenvalue weighted by atomic mass is 35.5. The number of halogens is 1. The van der Waals surface area contributed by atoms with E-state index in [9.17, 15) is 4.79 Å². The Bertz CT molecular complexity index is 131. The van der Waals surface area contributed by atoms with Crippen LogP contribution in [0.25, 0.3) is 0 Å². The number of alkyl halides is 1. The van der Waals surface area contributed by atoms with Crippen molar-refractivity contribution < 1.29 is 9.53 Å². The van der Waals surface area contributed by atoms with Gasteiger partial charge in [0.1, 0.15) is 0 Å². The first-order chi connectivity index (χ1) is 5.68. The van der Waals surface area contributed by atoms with Crippen molar-refractivity contribution in [1.82, 2.24) is 5.32 Å². The van der Waals surface area contributed by atoms with Crippen LogP contribution in [0.1, 0.15) is 6.92 Å². The second-order valence-electron chi connectivity index (χ2n) is 2.38. The van der Waals surface area contributed by atoms with Crippen molar-refractivity contribution in [3.05, 3.63) is 0 Å². The van der Waals surface area contributed by atoms with Crippen molar-refractivity contribution in [1.29, 1.82) is 0 Å². The molecule has 0 rings (SSSR count). The summed E-state index contributed by atoms with van der Waals surface area (Å²) in [6.45, 7) is 3.10. The molecule has 72 valence electrons. The average Bonchev–Trinajstić information content (AvgIpc) is 2.03. The first-order valence-corrected chi connectivity index (χ1v) is 4.39. The summed E-state index contributed by atoms with van der Waals surface area (Å²) in [5.74, 6) is 0.311. The van der Waals surface area contributed by atoms with E-state index in [4.69, 9.17) is 22.1 Å². The van der Waals surface area contributed by atoms with Gasteiger partial charge in [0.25, 0.3) is 0 Å². The zero-order valence-electron chi connectivity index (χ0n) is 7.18. The van der Waals surface area contributed by atoms with Gasteiger partial charge in [-0.05, 0) is 6.92 Å². The van der Waals surface area contributed by atoms with Crippen molar-refractivity contribution in [2.45, 2.75) is 13.0 Å². The van der Waals surface area contributed by atoms with E-state index >= 15 is 0 Å². The minimum Gasteiger partial charge on any atom is -0.378 e. The molecule has 1 atom stereocenters. The fraction of sp³-hybridized carbons (Fsp3) is 0.857. The monoisotopic (exact) mass is 194 g/mol. The molecule has 0 aliphatic carbocycles. The van der Waals surface area contributed by atoms with E-state index in [1.54, 1.807) is 6.92 Å². The Kier molecular flexibility index (Phi) is 7.14. The predicted octanol–water partition coefficient (Wildman–Crippen LogP) is -0.295. The Morgan fingerprint density at radius 3 is 2.83 bits per heavy atom. The van der Waals surface area contributed by atoms with Crippen LogP contribution in [0.15, 0.2) is 0 Å². The fourth-order valence-electron chi connectivity index (χ4n) is 0.564. The molecule has 0 aromatic carbocycles. The number of carbonyl (C=O) groups is 1. The molecule has 0 radical (unpaired) electrons. The lowest BCUT2D eigenvalue weighted by Gasteiger charge is -2.07. The molecule has 3 N–H and O–H groups in total. The third kappa shape index (κ3) is 6.39. The molecular formula is C7H15ClN2O2. The predicted molar refractivity (Wildman–Crippen MR) is 48.2 cm³/mol. The third-order valence-corrected chi connectivity index (χ3v) is 1.33. The number of hydrogen-bond acceptors (Lipinski definition) is 3. The molecule has 12 heavy (non-hydrogen) atoms. The summed E-state index contributed by atoms with van der Waals surface area (Å²) >= 11 is 5.36. The average molecular weight is 195 g/mol. The van der Waals surface area contributed by atoms with Crippen LogP contribution < -0.4 is 11.1 Å². The molecule has 0 aromatic heterocycles. The number of nitrogens with two attached hydrogens (primary N) is 1. The quantitative estimate of drug-likeness (QED) is 0.451. The molecule has 0 aromatic rings. The first kappa shape index (κ1) is 11.7. The Morgan fingerprint density at radius 1 is 1.67 bits per heavy atom. The molecule has 5 heteroatoms. The maximum Gasteiger partial charge on any atom is 0.236 e. The van der Waals surface area contributed by atoms with E-state index in [0.29, 0.717) is 25.6 Å². The molecule has 0 spiro atoms. The largest absolute Gasteiger partial charge is 0.378 e. The highest BCUT2D eigenvalue weighted by molar-refractivity contribution is 6.17. The standard InChI is InChI=1S/C7H15ClN2O2/c1-6(9)7(11)10-3-5-12-4-2-8/h6H,2-5,9H2,1H3,(H,10,11). The Morgan fingerprint density at radius 2 is 2.33 bits per heavy atom. The minimum absolute atomic E-state index is 0.163. The summed E-state index contributed by atoms with van der Waals surface area (Å²) in [5, 5.41) is 2.61. The van der Waals surface area contributed by atoms with Gasteiger partial charge in [0.15, 0.2) is 0 Å². The molecule has 0 saturated carbocycles. The molecule has 4 nitrogen and oxygen atoms in total. The molecule has 1 amide bonds. The van der Waals surface area contributed by atoms with Crippen LogP contribution in [0.4, 0.5) is 0 Å². The number of rotatable bonds is 6. The van der Waals surface area contributed by atoms with Crippen LogP contribution in [0.3, 0.4) is 0 Å². The van der Waals surface area contributed by atoms with Crippen LogP contribution in [0.5, 0.6) is 0 Å². The Balaban J connectivity index is 3.14. The van der Waals surface area contributed by atoms with Gasteiger partial charge in [-0.2, -0.15) is 0 Å². The topological polar surface area (TPSA) is 64.4 Å². The molecule has 0 heterocycles. The van der Waals surface area contributed by atoms with Gasteiger partial charge < -0.3 is 15.8 Å². The number of ether oxygens (including phenoxy) is 1. The van der Waals surface area contributed by atoms with Crippen LogP contribution in [0, 0.1) is 0 Å². The maximum atomic E-state index is 10.9. The van der Waals surface area contributed by atoms with Crippen molar-refractivity contribution in [2.75, 3.05) is 25.6 Å². The molecule has 0 aliphatic rings. The van der Waals surface area contributed by atoms with Gasteiger partial charge in [-0.1, -0.05) is 0 Å². The lowest BCUT2D eigenvalue weighted by Crippen LogP contribution is -2.39. The van der Waals surface area contributed by atoms with E-state index in [-0.39, 0.29) is 5.91 Å². The first-order valence-electron chi connectivity index (χ1n) is 3.85. The number of carbonyl (C=O) groups excluding carboxylic acids is 1. The molecule has 0 aliphatic heterocycles. The molecule has 0 bridgehead atoms. The van der Waals surface area contributed by atoms with E-state index < -0.39 is 6.04 Å². The van der Waals surface area contributed by atoms with Crippen LogP contribution >= 0.6 is 11.6 Å². The van der Waals surface area contributed by atoms with Crippen molar-refractivity contribution in [3.8, 4) is 0 Å². The van der Waals surface area contributed by atoms with Gasteiger partial charge >= 0.3 is 0 Å². The Labute approximate surface area is 77.4 Å². The summed E-state index contributed by atoms with van der Waals surface area (Å²) in [4.78, 5) is 10.9. The summed E-state index contributed by atoms with van der Waals surface area (Å²) in [6, 6.07) is -0.460. The van der Waals surface area contributed by atoms with Gasteiger partial charge in [0, 0.05) is 12.4 Å². The lowest BCUT2D eigenvalue weighted by atomic mass is 10.3. The summed E-state index contributed by atoms with van der Waals surface area (Å²) in [5.41, 5.74) is 5.30. The molecule has 1 unspecified atom stereocenters. The lowest BCUT2D eigenvalue weighted by molar-refractivity contribution is -0.122. The molecule has 0 saturated heterocycles. The van der Waals surface area contributed by atoms with Gasteiger partial charge in [-0.3, -0.25) is 4.79 Å². The second-order valence-corrected chi connectivity index (χ2v) is 2.76. The third-order valence-electron chi connectivity index (χ3n) is 1.18. The Hall–Kier alpha value is -0.320. The highest BCUT2D eigenvalue weighted by Gasteiger charge is 2.04. The van der Waals surface area contributed by atoms with E-state index in [1.165, 1.54) is 0 Å². The molecular weight excluding hydrogens is 180 g/mol. The highest BCUT2D eigenvalue weighted by Crippen LogP contribution is 1.78. The second kappa shape index (κ2) is 7.34. The maximum absolute atomic E-state index is 10.9. The van der Waals surface area contributed by atoms with Crippen LogP contribution in [-0.2, 0) is 9.53 Å². The van der Waals surface area contributed by atoms with E-state index in [1.807, 2.05) is 0 Å². The van der Waals surface area contributed by atoms with Crippen molar-refractivity contribution >= 4 is 17.5 Å². The van der Waals surface area contributed by atoms with Gasteiger partial charge in [0.2, 0.25) is 5.91 Å². The van der Waals surface area contributed by atoms with Crippen LogP contribution in [-0.4, -0.2) is 37.6 Å². The number of nitrogens with one attached hydrogen (secondary N) is 1. The van der Waals surface area contributed by atoms with E-state index in [2.05, 4.69) is 5.32 Å². The fourth-order valence-corrected chi connectivity index (χ4v) is 0.673. The number of amides is 1. The van der Waals surface area contributed by atoms with Crippen molar-refractivity contribution in [2.24, 2.45) is 5.73 Å². The zero-order chi connectivity index (χ0) is 9.40. The van der Waals surface area contributed by atoms with Gasteiger partial charge in [0.05, 0.1) is 19.3 Å². The molecule has 0 fully saturated rings. The summed E-state index contributed by atoms with van der Waals surface area (Å²) in [6.07, 6.45) is 0. The van der Waals surface area contributed by atoms with E-state index in [0.717, 1.165) is 0 Å². The normalized spacial score (nSPS) is 12.6. The summed E-state index contributed by atoms with van der Waals surface area (Å²) in [7, 11) is 0. The smallest absolute Gasteiger partial charge is 0.236 e. The SMILES string of the molecule is CC(N)C(=O)NCCOCCCl. The number of hydrogen-bond donors (Lipinski definition) is 2. The minimum atomic E-state index is -0.460. The van der Waals surface area contributed by atoms with Gasteiger partial charge in [-0.15, -0.1) is 11.6 Å². The van der Waals surface area contributed by atoms with Crippen molar-refractivity contribution in [3.63, 3.8) is 0 Å². The zero-order valence-corrected chi connectivity index (χ0v) is 7.93. The van der Waals surface area contributed by atoms with Crippen LogP contribution in [0.2, 0.25) is 0 Å². The van der Waals surface area contributed by atoms with Gasteiger partial charge in [-0.25, -0.2) is 0 Å². The summed E-state index contributed by atoms with van der Waals surface area (Å²) < 4.78 is 5.03.